The Balaban J connectivity index is 0.000000157. The molecule has 0 aliphatic rings. The summed E-state index contributed by atoms with van der Waals surface area (Å²) in [6, 6.07) is 37.7. The third-order valence-corrected chi connectivity index (χ3v) is 10.0. The molecule has 8 rings (SSSR count). The van der Waals surface area contributed by atoms with E-state index >= 15 is 0 Å². The lowest BCUT2D eigenvalue weighted by Gasteiger charge is -2.07. The van der Waals surface area contributed by atoms with Crippen molar-refractivity contribution in [1.82, 2.24) is 0 Å². The highest BCUT2D eigenvalue weighted by atomic mass is 16.3. The van der Waals surface area contributed by atoms with Crippen LogP contribution in [-0.2, 0) is 32.1 Å². The van der Waals surface area contributed by atoms with Gasteiger partial charge in [0.1, 0.15) is 22.3 Å². The summed E-state index contributed by atoms with van der Waals surface area (Å²) in [6.45, 7) is 15.3. The topological polar surface area (TPSA) is 26.3 Å². The van der Waals surface area contributed by atoms with Crippen molar-refractivity contribution in [3.8, 4) is 0 Å². The summed E-state index contributed by atoms with van der Waals surface area (Å²) in [5, 5.41) is 5.06. The Kier molecular flexibility index (Phi) is 9.38. The molecule has 0 spiro atoms. The molecule has 0 fully saturated rings. The van der Waals surface area contributed by atoms with Gasteiger partial charge in [-0.2, -0.15) is 0 Å². The minimum atomic E-state index is 0.935. The first-order valence-corrected chi connectivity index (χ1v) is 18.3. The highest BCUT2D eigenvalue weighted by Crippen LogP contribution is 2.36. The van der Waals surface area contributed by atoms with E-state index in [9.17, 15) is 0 Å². The van der Waals surface area contributed by atoms with Crippen LogP contribution in [0.3, 0.4) is 0 Å². The zero-order valence-corrected chi connectivity index (χ0v) is 30.7. The number of hydrogen-bond donors (Lipinski definition) is 0. The molecule has 0 bridgehead atoms. The number of furan rings is 2. The quantitative estimate of drug-likeness (QED) is 0.171. The zero-order valence-electron chi connectivity index (χ0n) is 30.7. The SMILES string of the molecule is CCc1cc(CC)c2oc3cccc(Cc4cc(C)cc(C)c4)c3c2c1.CCc1ccc2oc3cccc(Cc4cc(C)cc(C)c4)c3c2c1. The average molecular weight is 657 g/mol. The number of rotatable bonds is 7. The Morgan fingerprint density at radius 3 is 1.46 bits per heavy atom. The van der Waals surface area contributed by atoms with Gasteiger partial charge in [-0.25, -0.2) is 0 Å². The van der Waals surface area contributed by atoms with Gasteiger partial charge in [-0.05, 0) is 129 Å². The van der Waals surface area contributed by atoms with Crippen LogP contribution in [0.5, 0.6) is 0 Å². The smallest absolute Gasteiger partial charge is 0.138 e. The molecule has 0 saturated heterocycles. The predicted molar refractivity (Wildman–Crippen MR) is 213 cm³/mol. The van der Waals surface area contributed by atoms with E-state index in [1.807, 2.05) is 0 Å². The molecule has 6 aromatic carbocycles. The summed E-state index contributed by atoms with van der Waals surface area (Å²) >= 11 is 0. The molecule has 0 N–H and O–H groups in total. The van der Waals surface area contributed by atoms with Gasteiger partial charge in [-0.15, -0.1) is 0 Å². The fourth-order valence-corrected chi connectivity index (χ4v) is 7.85. The lowest BCUT2D eigenvalue weighted by Crippen LogP contribution is -1.92. The van der Waals surface area contributed by atoms with Crippen molar-refractivity contribution in [1.29, 1.82) is 0 Å². The van der Waals surface area contributed by atoms with Crippen molar-refractivity contribution in [2.24, 2.45) is 0 Å². The van der Waals surface area contributed by atoms with Crippen LogP contribution in [0.4, 0.5) is 0 Å². The van der Waals surface area contributed by atoms with Crippen molar-refractivity contribution in [3.05, 3.63) is 164 Å². The Morgan fingerprint density at radius 2 is 0.920 bits per heavy atom. The fourth-order valence-electron chi connectivity index (χ4n) is 7.85. The summed E-state index contributed by atoms with van der Waals surface area (Å²) in [5.41, 5.74) is 18.8. The van der Waals surface area contributed by atoms with Crippen LogP contribution >= 0.6 is 0 Å². The maximum absolute atomic E-state index is 6.30. The van der Waals surface area contributed by atoms with E-state index in [1.165, 1.54) is 82.7 Å². The summed E-state index contributed by atoms with van der Waals surface area (Å²) in [5.74, 6) is 0. The molecule has 0 saturated carbocycles. The van der Waals surface area contributed by atoms with E-state index in [0.717, 1.165) is 54.4 Å². The highest BCUT2D eigenvalue weighted by molar-refractivity contribution is 6.08. The van der Waals surface area contributed by atoms with Crippen LogP contribution in [-0.4, -0.2) is 0 Å². The second kappa shape index (κ2) is 14.0. The maximum atomic E-state index is 6.30. The number of hydrogen-bond acceptors (Lipinski definition) is 2. The van der Waals surface area contributed by atoms with E-state index in [4.69, 9.17) is 8.83 Å². The van der Waals surface area contributed by atoms with E-state index < -0.39 is 0 Å². The van der Waals surface area contributed by atoms with Crippen LogP contribution in [0.2, 0.25) is 0 Å². The predicted octanol–water partition coefficient (Wildman–Crippen LogP) is 13.3. The molecule has 0 unspecified atom stereocenters. The van der Waals surface area contributed by atoms with E-state index in [1.54, 1.807) is 0 Å². The van der Waals surface area contributed by atoms with Crippen LogP contribution in [0.15, 0.2) is 112 Å². The zero-order chi connectivity index (χ0) is 34.9. The Labute approximate surface area is 296 Å². The highest BCUT2D eigenvalue weighted by Gasteiger charge is 2.16. The molecular formula is C48H48O2. The summed E-state index contributed by atoms with van der Waals surface area (Å²) < 4.78 is 12.4. The number of aryl methyl sites for hydroxylation is 7. The Morgan fingerprint density at radius 1 is 0.400 bits per heavy atom. The van der Waals surface area contributed by atoms with Gasteiger partial charge in [0.05, 0.1) is 0 Å². The summed E-state index contributed by atoms with van der Waals surface area (Å²) in [7, 11) is 0. The number of fused-ring (bicyclic) bond motifs is 6. The lowest BCUT2D eigenvalue weighted by atomic mass is 9.95. The Bertz CT molecular complexity index is 2440. The molecule has 2 heteroatoms. The van der Waals surface area contributed by atoms with Gasteiger partial charge < -0.3 is 8.83 Å². The fraction of sp³-hybridized carbons (Fsp3) is 0.250. The van der Waals surface area contributed by atoms with Crippen LogP contribution < -0.4 is 0 Å². The lowest BCUT2D eigenvalue weighted by molar-refractivity contribution is 0.663. The van der Waals surface area contributed by atoms with E-state index in [-0.39, 0.29) is 0 Å². The minimum absolute atomic E-state index is 0.935. The minimum Gasteiger partial charge on any atom is -0.456 e. The molecule has 252 valence electrons. The average Bonchev–Trinajstić information content (AvgIpc) is 3.66. The van der Waals surface area contributed by atoms with Crippen LogP contribution in [0.1, 0.15) is 82.0 Å². The number of benzene rings is 6. The van der Waals surface area contributed by atoms with Gasteiger partial charge in [0, 0.05) is 21.5 Å². The van der Waals surface area contributed by atoms with Gasteiger partial charge in [-0.3, -0.25) is 0 Å². The largest absolute Gasteiger partial charge is 0.456 e. The normalized spacial score (nSPS) is 11.5. The van der Waals surface area contributed by atoms with E-state index in [0.29, 0.717) is 0 Å². The second-order valence-electron chi connectivity index (χ2n) is 14.2. The van der Waals surface area contributed by atoms with Gasteiger partial charge in [0.2, 0.25) is 0 Å². The van der Waals surface area contributed by atoms with Crippen molar-refractivity contribution in [2.75, 3.05) is 0 Å². The molecule has 0 aliphatic heterocycles. The van der Waals surface area contributed by atoms with Crippen LogP contribution in [0, 0.1) is 27.7 Å². The third-order valence-electron chi connectivity index (χ3n) is 10.0. The molecule has 0 radical (unpaired) electrons. The van der Waals surface area contributed by atoms with E-state index in [2.05, 4.69) is 152 Å². The molecule has 8 aromatic rings. The van der Waals surface area contributed by atoms with Crippen molar-refractivity contribution < 1.29 is 8.83 Å². The maximum Gasteiger partial charge on any atom is 0.138 e. The van der Waals surface area contributed by atoms with Gasteiger partial charge in [0.25, 0.3) is 0 Å². The van der Waals surface area contributed by atoms with Crippen molar-refractivity contribution in [2.45, 2.75) is 80.6 Å². The molecular weight excluding hydrogens is 609 g/mol. The third kappa shape index (κ3) is 6.72. The van der Waals surface area contributed by atoms with Gasteiger partial charge >= 0.3 is 0 Å². The van der Waals surface area contributed by atoms with Crippen molar-refractivity contribution in [3.63, 3.8) is 0 Å². The standard InChI is InChI=1S/C25H26O.C23H22O/c1-5-18-13-20(6-2)25-22(15-18)24-21(8-7-9-23(24)26-25)14-19-11-16(3)10-17(4)12-19;1-4-17-8-9-21-20(14-17)23-19(6-5-7-22(23)24-21)13-18-11-15(2)10-16(3)12-18/h7-13,15H,5-6,14H2,1-4H3;5-12,14H,4,13H2,1-3H3. The van der Waals surface area contributed by atoms with Crippen LogP contribution in [0.25, 0.3) is 43.9 Å². The first kappa shape index (κ1) is 33.4. The first-order valence-electron chi connectivity index (χ1n) is 18.3. The monoisotopic (exact) mass is 656 g/mol. The molecule has 0 amide bonds. The molecule has 2 nitrogen and oxygen atoms in total. The van der Waals surface area contributed by atoms with Gasteiger partial charge in [0.15, 0.2) is 0 Å². The molecule has 0 aliphatic carbocycles. The first-order chi connectivity index (χ1) is 24.2. The second-order valence-corrected chi connectivity index (χ2v) is 14.2. The molecule has 50 heavy (non-hydrogen) atoms. The summed E-state index contributed by atoms with van der Waals surface area (Å²) in [4.78, 5) is 0. The molecule has 2 aromatic heterocycles. The molecule has 0 atom stereocenters. The van der Waals surface area contributed by atoms with Crippen molar-refractivity contribution >= 4 is 43.9 Å². The molecule has 2 heterocycles. The van der Waals surface area contributed by atoms with Gasteiger partial charge in [-0.1, -0.05) is 116 Å². The summed E-state index contributed by atoms with van der Waals surface area (Å²) in [6.07, 6.45) is 4.96. The Hall–Kier alpha value is -5.08.